The number of anilines is 3. The summed E-state index contributed by atoms with van der Waals surface area (Å²) in [5, 5.41) is 6.30. The summed E-state index contributed by atoms with van der Waals surface area (Å²) in [6, 6.07) is 6.48. The molecule has 0 amide bonds. The number of benzene rings is 1. The van der Waals surface area contributed by atoms with Gasteiger partial charge in [0.15, 0.2) is 0 Å². The molecule has 6 heteroatoms. The molecule has 0 atom stereocenters. The average Bonchev–Trinajstić information content (AvgIpc) is 2.32. The summed E-state index contributed by atoms with van der Waals surface area (Å²) in [4.78, 5) is 8.65. The van der Waals surface area contributed by atoms with E-state index >= 15 is 0 Å². The maximum atomic E-state index is 13.1. The zero-order valence-corrected chi connectivity index (χ0v) is 12.3. The summed E-state index contributed by atoms with van der Waals surface area (Å²) in [6.45, 7) is 5.91. The van der Waals surface area contributed by atoms with E-state index < -0.39 is 5.82 Å². The lowest BCUT2D eigenvalue weighted by Gasteiger charge is -2.12. The number of aryl methyl sites for hydroxylation is 1. The Balaban J connectivity index is 2.24. The van der Waals surface area contributed by atoms with Gasteiger partial charge in [-0.3, -0.25) is 0 Å². The smallest absolute Gasteiger partial charge is 0.225 e. The molecule has 0 spiro atoms. The summed E-state index contributed by atoms with van der Waals surface area (Å²) in [5.41, 5.74) is 1.50. The van der Waals surface area contributed by atoms with Gasteiger partial charge in [0.2, 0.25) is 5.95 Å². The van der Waals surface area contributed by atoms with Crippen LogP contribution in [-0.2, 0) is 0 Å². The van der Waals surface area contributed by atoms with Crippen molar-refractivity contribution >= 4 is 29.1 Å². The summed E-state index contributed by atoms with van der Waals surface area (Å²) in [6.07, 6.45) is 0. The van der Waals surface area contributed by atoms with Crippen LogP contribution in [0, 0.1) is 12.7 Å². The zero-order chi connectivity index (χ0) is 14.7. The van der Waals surface area contributed by atoms with Gasteiger partial charge < -0.3 is 10.6 Å². The standard InChI is InChI=1S/C14H16ClFN4/c1-8(2)17-14-18-9(3)6-13(20-14)19-10-4-5-12(16)11(15)7-10/h4-8H,1-3H3,(H2,17,18,19,20). The quantitative estimate of drug-likeness (QED) is 0.890. The van der Waals surface area contributed by atoms with Gasteiger partial charge in [-0.25, -0.2) is 9.37 Å². The van der Waals surface area contributed by atoms with Crippen LogP contribution in [0.15, 0.2) is 24.3 Å². The predicted molar refractivity (Wildman–Crippen MR) is 80.2 cm³/mol. The van der Waals surface area contributed by atoms with Crippen molar-refractivity contribution in [3.05, 3.63) is 40.8 Å². The van der Waals surface area contributed by atoms with Crippen molar-refractivity contribution in [2.24, 2.45) is 0 Å². The molecule has 0 aliphatic heterocycles. The molecule has 1 heterocycles. The number of hydrogen-bond donors (Lipinski definition) is 2. The highest BCUT2D eigenvalue weighted by Gasteiger charge is 2.05. The molecule has 1 aromatic heterocycles. The Morgan fingerprint density at radius 3 is 2.60 bits per heavy atom. The van der Waals surface area contributed by atoms with Gasteiger partial charge in [-0.05, 0) is 39.0 Å². The maximum Gasteiger partial charge on any atom is 0.225 e. The zero-order valence-electron chi connectivity index (χ0n) is 11.5. The van der Waals surface area contributed by atoms with Crippen LogP contribution in [0.4, 0.5) is 21.8 Å². The monoisotopic (exact) mass is 294 g/mol. The van der Waals surface area contributed by atoms with E-state index in [4.69, 9.17) is 11.6 Å². The minimum atomic E-state index is -0.446. The van der Waals surface area contributed by atoms with Crippen molar-refractivity contribution < 1.29 is 4.39 Å². The van der Waals surface area contributed by atoms with E-state index in [2.05, 4.69) is 20.6 Å². The molecule has 0 saturated carbocycles. The molecule has 0 radical (unpaired) electrons. The topological polar surface area (TPSA) is 49.8 Å². The van der Waals surface area contributed by atoms with Crippen LogP contribution in [0.1, 0.15) is 19.5 Å². The van der Waals surface area contributed by atoms with Crippen molar-refractivity contribution in [3.8, 4) is 0 Å². The Hall–Kier alpha value is -1.88. The molecule has 0 aliphatic rings. The Morgan fingerprint density at radius 2 is 1.95 bits per heavy atom. The number of hydrogen-bond acceptors (Lipinski definition) is 4. The van der Waals surface area contributed by atoms with Gasteiger partial charge in [0, 0.05) is 23.5 Å². The lowest BCUT2D eigenvalue weighted by molar-refractivity contribution is 0.628. The summed E-state index contributed by atoms with van der Waals surface area (Å²) < 4.78 is 13.1. The van der Waals surface area contributed by atoms with Crippen LogP contribution < -0.4 is 10.6 Å². The number of nitrogens with zero attached hydrogens (tertiary/aromatic N) is 2. The fourth-order valence-corrected chi connectivity index (χ4v) is 1.86. The molecule has 106 valence electrons. The SMILES string of the molecule is Cc1cc(Nc2ccc(F)c(Cl)c2)nc(NC(C)C)n1. The second-order valence-electron chi connectivity index (χ2n) is 4.77. The van der Waals surface area contributed by atoms with E-state index in [1.54, 1.807) is 6.07 Å². The minimum absolute atomic E-state index is 0.0707. The number of aromatic nitrogens is 2. The molecule has 1 aromatic carbocycles. The molecule has 0 unspecified atom stereocenters. The summed E-state index contributed by atoms with van der Waals surface area (Å²) >= 11 is 5.75. The van der Waals surface area contributed by atoms with E-state index in [9.17, 15) is 4.39 Å². The predicted octanol–water partition coefficient (Wildman–Crippen LogP) is 4.14. The van der Waals surface area contributed by atoms with E-state index in [1.807, 2.05) is 26.8 Å². The number of rotatable bonds is 4. The average molecular weight is 295 g/mol. The second kappa shape index (κ2) is 6.05. The summed E-state index contributed by atoms with van der Waals surface area (Å²) in [7, 11) is 0. The van der Waals surface area contributed by atoms with Gasteiger partial charge >= 0.3 is 0 Å². The Morgan fingerprint density at radius 1 is 1.20 bits per heavy atom. The van der Waals surface area contributed by atoms with Crippen LogP contribution in [0.2, 0.25) is 5.02 Å². The lowest BCUT2D eigenvalue weighted by Crippen LogP contribution is -2.13. The molecule has 2 N–H and O–H groups in total. The fraction of sp³-hybridized carbons (Fsp3) is 0.286. The molecule has 0 fully saturated rings. The van der Waals surface area contributed by atoms with Crippen molar-refractivity contribution in [2.75, 3.05) is 10.6 Å². The van der Waals surface area contributed by atoms with Crippen LogP contribution >= 0.6 is 11.6 Å². The van der Waals surface area contributed by atoms with Gasteiger partial charge in [-0.2, -0.15) is 4.98 Å². The third-order valence-electron chi connectivity index (χ3n) is 2.46. The molecule has 0 aliphatic carbocycles. The van der Waals surface area contributed by atoms with Crippen LogP contribution in [0.3, 0.4) is 0 Å². The van der Waals surface area contributed by atoms with E-state index in [1.165, 1.54) is 12.1 Å². The first-order valence-corrected chi connectivity index (χ1v) is 6.66. The van der Waals surface area contributed by atoms with Crippen molar-refractivity contribution in [2.45, 2.75) is 26.8 Å². The molecule has 2 aromatic rings. The molecule has 0 saturated heterocycles. The number of halogens is 2. The summed E-state index contributed by atoms with van der Waals surface area (Å²) in [5.74, 6) is 0.734. The van der Waals surface area contributed by atoms with E-state index in [0.717, 1.165) is 5.69 Å². The van der Waals surface area contributed by atoms with E-state index in [-0.39, 0.29) is 11.1 Å². The van der Waals surface area contributed by atoms with Crippen LogP contribution in [-0.4, -0.2) is 16.0 Å². The first-order chi connectivity index (χ1) is 9.44. The number of nitrogens with one attached hydrogen (secondary N) is 2. The van der Waals surface area contributed by atoms with Crippen LogP contribution in [0.5, 0.6) is 0 Å². The Kier molecular flexibility index (Phi) is 4.39. The van der Waals surface area contributed by atoms with Gasteiger partial charge in [0.1, 0.15) is 11.6 Å². The Labute approximate surface area is 122 Å². The largest absolute Gasteiger partial charge is 0.352 e. The molecule has 2 rings (SSSR count). The molecule has 20 heavy (non-hydrogen) atoms. The third-order valence-corrected chi connectivity index (χ3v) is 2.75. The van der Waals surface area contributed by atoms with Crippen molar-refractivity contribution in [1.29, 1.82) is 0 Å². The highest BCUT2D eigenvalue weighted by atomic mass is 35.5. The fourth-order valence-electron chi connectivity index (χ4n) is 1.68. The third kappa shape index (κ3) is 3.81. The normalized spacial score (nSPS) is 10.7. The van der Waals surface area contributed by atoms with Crippen molar-refractivity contribution in [1.82, 2.24) is 9.97 Å². The molecule has 0 bridgehead atoms. The van der Waals surface area contributed by atoms with Crippen LogP contribution in [0.25, 0.3) is 0 Å². The highest BCUT2D eigenvalue weighted by molar-refractivity contribution is 6.31. The Bertz CT molecular complexity index is 616. The minimum Gasteiger partial charge on any atom is -0.352 e. The molecule has 4 nitrogen and oxygen atoms in total. The van der Waals surface area contributed by atoms with Gasteiger partial charge in [0.05, 0.1) is 5.02 Å². The van der Waals surface area contributed by atoms with Gasteiger partial charge in [-0.15, -0.1) is 0 Å². The first-order valence-electron chi connectivity index (χ1n) is 6.28. The molecular formula is C14H16ClFN4. The second-order valence-corrected chi connectivity index (χ2v) is 5.18. The van der Waals surface area contributed by atoms with Gasteiger partial charge in [0.25, 0.3) is 0 Å². The van der Waals surface area contributed by atoms with E-state index in [0.29, 0.717) is 17.5 Å². The van der Waals surface area contributed by atoms with Gasteiger partial charge in [-0.1, -0.05) is 11.6 Å². The van der Waals surface area contributed by atoms with Crippen molar-refractivity contribution in [3.63, 3.8) is 0 Å². The maximum absolute atomic E-state index is 13.1. The molecular weight excluding hydrogens is 279 g/mol. The lowest BCUT2D eigenvalue weighted by atomic mass is 10.3. The highest BCUT2D eigenvalue weighted by Crippen LogP contribution is 2.22. The first kappa shape index (κ1) is 14.5.